The fraction of sp³-hybridized carbons (Fsp3) is 0.889. The average molecular weight is 203 g/mol. The van der Waals surface area contributed by atoms with Crippen LogP contribution in [0.15, 0.2) is 0 Å². The SMILES string of the molecule is CCN([C@@H]1CCSC1)[C@@H](C)C(=O)O. The Balaban J connectivity index is 2.54. The van der Waals surface area contributed by atoms with Crippen molar-refractivity contribution in [3.05, 3.63) is 0 Å². The van der Waals surface area contributed by atoms with Crippen LogP contribution in [-0.4, -0.2) is 46.1 Å². The predicted octanol–water partition coefficient (Wildman–Crippen LogP) is 1.29. The molecule has 4 heteroatoms. The van der Waals surface area contributed by atoms with E-state index >= 15 is 0 Å². The lowest BCUT2D eigenvalue weighted by atomic mass is 10.1. The highest BCUT2D eigenvalue weighted by Crippen LogP contribution is 2.23. The van der Waals surface area contributed by atoms with Crippen LogP contribution >= 0.6 is 11.8 Å². The maximum absolute atomic E-state index is 10.8. The van der Waals surface area contributed by atoms with Gasteiger partial charge in [-0.2, -0.15) is 11.8 Å². The number of hydrogen-bond acceptors (Lipinski definition) is 3. The number of carboxylic acids is 1. The van der Waals surface area contributed by atoms with Gasteiger partial charge in [-0.15, -0.1) is 0 Å². The summed E-state index contributed by atoms with van der Waals surface area (Å²) in [7, 11) is 0. The Morgan fingerprint density at radius 2 is 2.46 bits per heavy atom. The topological polar surface area (TPSA) is 40.5 Å². The first-order chi connectivity index (χ1) is 6.16. The third-order valence-corrected chi connectivity index (χ3v) is 3.74. The molecule has 2 atom stereocenters. The maximum Gasteiger partial charge on any atom is 0.320 e. The normalized spacial score (nSPS) is 25.0. The van der Waals surface area contributed by atoms with Gasteiger partial charge in [-0.25, -0.2) is 0 Å². The van der Waals surface area contributed by atoms with Crippen molar-refractivity contribution in [1.82, 2.24) is 4.90 Å². The molecule has 0 radical (unpaired) electrons. The summed E-state index contributed by atoms with van der Waals surface area (Å²) in [5.74, 6) is 1.55. The molecular weight excluding hydrogens is 186 g/mol. The Morgan fingerprint density at radius 1 is 1.77 bits per heavy atom. The standard InChI is InChI=1S/C9H17NO2S/c1-3-10(7(2)9(11)12)8-4-5-13-6-8/h7-8H,3-6H2,1-2H3,(H,11,12)/t7-,8+/m0/s1. The number of rotatable bonds is 4. The second-order valence-corrected chi connectivity index (χ2v) is 4.51. The summed E-state index contributed by atoms with van der Waals surface area (Å²) in [6, 6.07) is 0.134. The average Bonchev–Trinajstić information content (AvgIpc) is 2.58. The first kappa shape index (κ1) is 10.9. The molecule has 13 heavy (non-hydrogen) atoms. The number of carbonyl (C=O) groups is 1. The molecule has 76 valence electrons. The smallest absolute Gasteiger partial charge is 0.320 e. The van der Waals surface area contributed by atoms with Crippen LogP contribution in [0.2, 0.25) is 0 Å². The molecule has 3 nitrogen and oxygen atoms in total. The molecule has 1 N–H and O–H groups in total. The van der Waals surface area contributed by atoms with Crippen molar-refractivity contribution < 1.29 is 9.90 Å². The number of likely N-dealkylation sites (N-methyl/N-ethyl adjacent to an activating group) is 1. The minimum Gasteiger partial charge on any atom is -0.480 e. The highest BCUT2D eigenvalue weighted by Gasteiger charge is 2.28. The van der Waals surface area contributed by atoms with Gasteiger partial charge in [0.05, 0.1) is 0 Å². The van der Waals surface area contributed by atoms with Gasteiger partial charge < -0.3 is 5.11 Å². The molecule has 0 bridgehead atoms. The Morgan fingerprint density at radius 3 is 2.85 bits per heavy atom. The number of aliphatic carboxylic acids is 1. The van der Waals surface area contributed by atoms with Gasteiger partial charge in [0, 0.05) is 11.8 Å². The zero-order chi connectivity index (χ0) is 9.84. The molecule has 1 fully saturated rings. The third-order valence-electron chi connectivity index (χ3n) is 2.59. The summed E-state index contributed by atoms with van der Waals surface area (Å²) in [4.78, 5) is 12.9. The van der Waals surface area contributed by atoms with Crippen LogP contribution in [0.25, 0.3) is 0 Å². The van der Waals surface area contributed by atoms with Gasteiger partial charge in [0.15, 0.2) is 0 Å². The first-order valence-electron chi connectivity index (χ1n) is 4.73. The van der Waals surface area contributed by atoms with E-state index in [4.69, 9.17) is 5.11 Å². The van der Waals surface area contributed by atoms with Crippen LogP contribution in [0.3, 0.4) is 0 Å². The van der Waals surface area contributed by atoms with Crippen molar-refractivity contribution in [2.24, 2.45) is 0 Å². The molecule has 0 aliphatic carbocycles. The zero-order valence-electron chi connectivity index (χ0n) is 8.19. The van der Waals surface area contributed by atoms with Crippen LogP contribution in [0.5, 0.6) is 0 Å². The lowest BCUT2D eigenvalue weighted by Gasteiger charge is -2.30. The van der Waals surface area contributed by atoms with Gasteiger partial charge in [-0.05, 0) is 25.6 Å². The van der Waals surface area contributed by atoms with E-state index in [9.17, 15) is 4.79 Å². The fourth-order valence-corrected chi connectivity index (χ4v) is 3.01. The van der Waals surface area contributed by atoms with E-state index in [1.165, 1.54) is 5.75 Å². The van der Waals surface area contributed by atoms with Gasteiger partial charge in [-0.3, -0.25) is 9.69 Å². The Bertz CT molecular complexity index is 180. The first-order valence-corrected chi connectivity index (χ1v) is 5.88. The molecule has 0 spiro atoms. The maximum atomic E-state index is 10.8. The molecule has 1 aliphatic heterocycles. The van der Waals surface area contributed by atoms with Crippen LogP contribution < -0.4 is 0 Å². The molecular formula is C9H17NO2S. The quantitative estimate of drug-likeness (QED) is 0.747. The Hall–Kier alpha value is -0.220. The van der Waals surface area contributed by atoms with Crippen LogP contribution in [0.1, 0.15) is 20.3 Å². The Kier molecular flexibility index (Phi) is 4.06. The molecule has 1 heterocycles. The predicted molar refractivity (Wildman–Crippen MR) is 55.2 cm³/mol. The van der Waals surface area contributed by atoms with Crippen molar-refractivity contribution in [3.63, 3.8) is 0 Å². The van der Waals surface area contributed by atoms with Crippen molar-refractivity contribution in [1.29, 1.82) is 0 Å². The van der Waals surface area contributed by atoms with E-state index in [1.54, 1.807) is 6.92 Å². The van der Waals surface area contributed by atoms with Crippen LogP contribution in [0.4, 0.5) is 0 Å². The Labute approximate surface area is 83.5 Å². The van der Waals surface area contributed by atoms with Crippen molar-refractivity contribution in [3.8, 4) is 0 Å². The number of nitrogens with zero attached hydrogens (tertiary/aromatic N) is 1. The van der Waals surface area contributed by atoms with E-state index < -0.39 is 5.97 Å². The lowest BCUT2D eigenvalue weighted by Crippen LogP contribution is -2.45. The molecule has 0 aromatic carbocycles. The molecule has 0 aromatic rings. The molecule has 0 aromatic heterocycles. The van der Waals surface area contributed by atoms with Gasteiger partial charge in [0.2, 0.25) is 0 Å². The van der Waals surface area contributed by atoms with Gasteiger partial charge >= 0.3 is 5.97 Å². The van der Waals surface area contributed by atoms with E-state index in [1.807, 2.05) is 18.7 Å². The summed E-state index contributed by atoms with van der Waals surface area (Å²) in [5.41, 5.74) is 0. The number of carboxylic acid groups (broad SMARTS) is 1. The lowest BCUT2D eigenvalue weighted by molar-refractivity contribution is -0.143. The monoisotopic (exact) mass is 203 g/mol. The molecule has 0 amide bonds. The second-order valence-electron chi connectivity index (χ2n) is 3.36. The molecule has 1 rings (SSSR count). The summed E-state index contributed by atoms with van der Waals surface area (Å²) in [6.07, 6.45) is 1.14. The molecule has 0 unspecified atom stereocenters. The van der Waals surface area contributed by atoms with Crippen molar-refractivity contribution in [2.75, 3.05) is 18.1 Å². The van der Waals surface area contributed by atoms with Gasteiger partial charge in [-0.1, -0.05) is 6.92 Å². The van der Waals surface area contributed by atoms with Gasteiger partial charge in [0.25, 0.3) is 0 Å². The van der Waals surface area contributed by atoms with Crippen LogP contribution in [0, 0.1) is 0 Å². The number of thioether (sulfide) groups is 1. The molecule has 1 saturated heterocycles. The third kappa shape index (κ3) is 2.61. The number of hydrogen-bond donors (Lipinski definition) is 1. The van der Waals surface area contributed by atoms with Crippen molar-refractivity contribution in [2.45, 2.75) is 32.4 Å². The summed E-state index contributed by atoms with van der Waals surface area (Å²) >= 11 is 1.92. The summed E-state index contributed by atoms with van der Waals surface area (Å²) in [6.45, 7) is 4.63. The van der Waals surface area contributed by atoms with Gasteiger partial charge in [0.1, 0.15) is 6.04 Å². The summed E-state index contributed by atoms with van der Waals surface area (Å²) in [5, 5.41) is 8.90. The molecule has 1 aliphatic rings. The minimum atomic E-state index is -0.709. The van der Waals surface area contributed by atoms with E-state index in [2.05, 4.69) is 4.90 Å². The van der Waals surface area contributed by atoms with Crippen molar-refractivity contribution >= 4 is 17.7 Å². The molecule has 0 saturated carbocycles. The second kappa shape index (κ2) is 4.86. The largest absolute Gasteiger partial charge is 0.480 e. The van der Waals surface area contributed by atoms with E-state index in [0.717, 1.165) is 18.7 Å². The minimum absolute atomic E-state index is 0.339. The fourth-order valence-electron chi connectivity index (χ4n) is 1.77. The highest BCUT2D eigenvalue weighted by molar-refractivity contribution is 7.99. The summed E-state index contributed by atoms with van der Waals surface area (Å²) < 4.78 is 0. The zero-order valence-corrected chi connectivity index (χ0v) is 9.01. The van der Waals surface area contributed by atoms with E-state index in [0.29, 0.717) is 6.04 Å². The highest BCUT2D eigenvalue weighted by atomic mass is 32.2. The van der Waals surface area contributed by atoms with Crippen LogP contribution in [-0.2, 0) is 4.79 Å². The van der Waals surface area contributed by atoms with E-state index in [-0.39, 0.29) is 6.04 Å².